The molecule has 0 radical (unpaired) electrons. The van der Waals surface area contributed by atoms with E-state index in [4.69, 9.17) is 9.47 Å². The highest BCUT2D eigenvalue weighted by atomic mass is 16.5. The van der Waals surface area contributed by atoms with Gasteiger partial charge in [0.2, 0.25) is 0 Å². The number of aryl methyl sites for hydroxylation is 1. The van der Waals surface area contributed by atoms with Crippen LogP contribution in [0.15, 0.2) is 48.5 Å². The van der Waals surface area contributed by atoms with Crippen molar-refractivity contribution in [1.82, 2.24) is 4.57 Å². The standard InChI is InChI=1S/C20H25N2O3/c1-4-21-15(2)22(20-11-6-5-10-19(20)21)13-16(23)14-25-18-9-7-8-17(12-18)24-3/h5-12,16,23H,4,13-14H2,1-3H3/q+1/t16-/m0/s1. The second kappa shape index (κ2) is 7.57. The highest BCUT2D eigenvalue weighted by Gasteiger charge is 2.22. The van der Waals surface area contributed by atoms with E-state index in [9.17, 15) is 5.11 Å². The predicted octanol–water partition coefficient (Wildman–Crippen LogP) is 2.71. The molecule has 25 heavy (non-hydrogen) atoms. The van der Waals surface area contributed by atoms with Crippen LogP contribution < -0.4 is 14.0 Å². The van der Waals surface area contributed by atoms with Crippen molar-refractivity contribution in [1.29, 1.82) is 0 Å². The molecule has 0 saturated carbocycles. The molecule has 0 aliphatic carbocycles. The van der Waals surface area contributed by atoms with Crippen LogP contribution in [0.25, 0.3) is 11.0 Å². The Morgan fingerprint density at radius 2 is 1.88 bits per heavy atom. The number of rotatable bonds is 7. The van der Waals surface area contributed by atoms with E-state index in [0.29, 0.717) is 12.3 Å². The smallest absolute Gasteiger partial charge is 0.254 e. The number of imidazole rings is 1. The molecule has 0 unspecified atom stereocenters. The van der Waals surface area contributed by atoms with Gasteiger partial charge in [0.25, 0.3) is 5.82 Å². The Kier molecular flexibility index (Phi) is 5.24. The van der Waals surface area contributed by atoms with Crippen LogP contribution in [0.3, 0.4) is 0 Å². The van der Waals surface area contributed by atoms with Crippen molar-refractivity contribution >= 4 is 11.0 Å². The number of hydrogen-bond acceptors (Lipinski definition) is 3. The Bertz CT molecular complexity index is 857. The first kappa shape index (κ1) is 17.3. The number of ether oxygens (including phenoxy) is 2. The van der Waals surface area contributed by atoms with Gasteiger partial charge < -0.3 is 14.6 Å². The van der Waals surface area contributed by atoms with Crippen LogP contribution in [0.2, 0.25) is 0 Å². The number of aliphatic hydroxyl groups excluding tert-OH is 1. The van der Waals surface area contributed by atoms with Gasteiger partial charge in [-0.05, 0) is 31.2 Å². The van der Waals surface area contributed by atoms with Gasteiger partial charge >= 0.3 is 0 Å². The lowest BCUT2D eigenvalue weighted by atomic mass is 10.3. The summed E-state index contributed by atoms with van der Waals surface area (Å²) >= 11 is 0. The zero-order valence-electron chi connectivity index (χ0n) is 15.0. The van der Waals surface area contributed by atoms with Crippen molar-refractivity contribution in [2.45, 2.75) is 33.0 Å². The third kappa shape index (κ3) is 3.61. The van der Waals surface area contributed by atoms with Crippen molar-refractivity contribution in [3.8, 4) is 11.5 Å². The van der Waals surface area contributed by atoms with Gasteiger partial charge in [-0.1, -0.05) is 18.2 Å². The first-order chi connectivity index (χ1) is 12.1. The molecular formula is C20H25N2O3+. The van der Waals surface area contributed by atoms with E-state index in [1.807, 2.05) is 36.4 Å². The van der Waals surface area contributed by atoms with Crippen LogP contribution in [-0.4, -0.2) is 29.5 Å². The number of aliphatic hydroxyl groups is 1. The van der Waals surface area contributed by atoms with E-state index < -0.39 is 6.10 Å². The highest BCUT2D eigenvalue weighted by Crippen LogP contribution is 2.19. The molecule has 2 aromatic carbocycles. The number of benzene rings is 2. The molecule has 3 rings (SSSR count). The van der Waals surface area contributed by atoms with E-state index in [1.165, 1.54) is 5.52 Å². The predicted molar refractivity (Wildman–Crippen MR) is 97.0 cm³/mol. The first-order valence-corrected chi connectivity index (χ1v) is 8.56. The minimum absolute atomic E-state index is 0.227. The normalized spacial score (nSPS) is 12.3. The molecule has 0 bridgehead atoms. The van der Waals surface area contributed by atoms with Gasteiger partial charge in [-0.25, -0.2) is 9.13 Å². The van der Waals surface area contributed by atoms with Gasteiger partial charge in [0.1, 0.15) is 30.8 Å². The molecule has 0 amide bonds. The monoisotopic (exact) mass is 341 g/mol. The molecule has 0 saturated heterocycles. The molecule has 1 heterocycles. The van der Waals surface area contributed by atoms with Crippen LogP contribution >= 0.6 is 0 Å². The summed E-state index contributed by atoms with van der Waals surface area (Å²) in [5.41, 5.74) is 2.31. The van der Waals surface area contributed by atoms with Crippen molar-refractivity contribution in [2.24, 2.45) is 0 Å². The van der Waals surface area contributed by atoms with E-state index in [2.05, 4.69) is 35.1 Å². The van der Waals surface area contributed by atoms with Crippen LogP contribution in [-0.2, 0) is 13.1 Å². The van der Waals surface area contributed by atoms with Crippen LogP contribution in [0.5, 0.6) is 11.5 Å². The van der Waals surface area contributed by atoms with Gasteiger partial charge in [0, 0.05) is 13.0 Å². The molecule has 5 heteroatoms. The fourth-order valence-electron chi connectivity index (χ4n) is 3.19. The molecular weight excluding hydrogens is 316 g/mol. The van der Waals surface area contributed by atoms with Gasteiger partial charge in [-0.2, -0.15) is 0 Å². The molecule has 1 aromatic heterocycles. The third-order valence-corrected chi connectivity index (χ3v) is 4.44. The fraction of sp³-hybridized carbons (Fsp3) is 0.350. The summed E-state index contributed by atoms with van der Waals surface area (Å²) in [7, 11) is 1.62. The molecule has 1 atom stereocenters. The summed E-state index contributed by atoms with van der Waals surface area (Å²) < 4.78 is 15.3. The maximum atomic E-state index is 10.5. The van der Waals surface area contributed by atoms with E-state index in [-0.39, 0.29) is 6.61 Å². The summed E-state index contributed by atoms with van der Waals surface area (Å²) in [6.07, 6.45) is -0.606. The summed E-state index contributed by atoms with van der Waals surface area (Å²) in [6, 6.07) is 15.7. The number of aromatic nitrogens is 2. The van der Waals surface area contributed by atoms with Gasteiger partial charge in [0.15, 0.2) is 11.0 Å². The van der Waals surface area contributed by atoms with E-state index >= 15 is 0 Å². The molecule has 0 aliphatic rings. The minimum atomic E-state index is -0.606. The zero-order chi connectivity index (χ0) is 17.8. The van der Waals surface area contributed by atoms with Crippen molar-refractivity contribution < 1.29 is 19.1 Å². The topological polar surface area (TPSA) is 47.5 Å². The van der Waals surface area contributed by atoms with Crippen LogP contribution in [0.1, 0.15) is 12.7 Å². The average Bonchev–Trinajstić information content (AvgIpc) is 2.91. The molecule has 0 aliphatic heterocycles. The van der Waals surface area contributed by atoms with E-state index in [1.54, 1.807) is 7.11 Å². The first-order valence-electron chi connectivity index (χ1n) is 8.56. The summed E-state index contributed by atoms with van der Waals surface area (Å²) in [5, 5.41) is 10.5. The molecule has 3 aromatic rings. The van der Waals surface area contributed by atoms with Crippen molar-refractivity contribution in [3.63, 3.8) is 0 Å². The number of fused-ring (bicyclic) bond motifs is 1. The zero-order valence-corrected chi connectivity index (χ0v) is 15.0. The Morgan fingerprint density at radius 3 is 2.64 bits per heavy atom. The average molecular weight is 341 g/mol. The summed E-state index contributed by atoms with van der Waals surface area (Å²) in [5.74, 6) is 2.56. The minimum Gasteiger partial charge on any atom is -0.497 e. The SMILES string of the molecule is CCn1c(C)[n+](C[C@H](O)COc2cccc(OC)c2)c2ccccc21. The number of hydrogen-bond donors (Lipinski definition) is 1. The molecule has 0 spiro atoms. The Balaban J connectivity index is 1.74. The van der Waals surface area contributed by atoms with Gasteiger partial charge in [0.05, 0.1) is 13.7 Å². The molecule has 1 N–H and O–H groups in total. The lowest BCUT2D eigenvalue weighted by Gasteiger charge is -2.12. The molecule has 132 valence electrons. The fourth-order valence-corrected chi connectivity index (χ4v) is 3.19. The number of para-hydroxylation sites is 2. The maximum absolute atomic E-state index is 10.5. The van der Waals surface area contributed by atoms with Gasteiger partial charge in [-0.3, -0.25) is 0 Å². The summed E-state index contributed by atoms with van der Waals surface area (Å²) in [6.45, 7) is 5.83. The highest BCUT2D eigenvalue weighted by molar-refractivity contribution is 5.72. The second-order valence-corrected chi connectivity index (χ2v) is 6.03. The quantitative estimate of drug-likeness (QED) is 0.672. The second-order valence-electron chi connectivity index (χ2n) is 6.03. The molecule has 0 fully saturated rings. The van der Waals surface area contributed by atoms with Crippen LogP contribution in [0.4, 0.5) is 0 Å². The van der Waals surface area contributed by atoms with Crippen LogP contribution in [0, 0.1) is 6.92 Å². The van der Waals surface area contributed by atoms with Crippen molar-refractivity contribution in [2.75, 3.05) is 13.7 Å². The maximum Gasteiger partial charge on any atom is 0.254 e. The number of methoxy groups -OCH3 is 1. The third-order valence-electron chi connectivity index (χ3n) is 4.44. The number of nitrogens with zero attached hydrogens (tertiary/aromatic N) is 2. The van der Waals surface area contributed by atoms with Gasteiger partial charge in [-0.15, -0.1) is 0 Å². The Morgan fingerprint density at radius 1 is 1.12 bits per heavy atom. The lowest BCUT2D eigenvalue weighted by molar-refractivity contribution is -0.685. The van der Waals surface area contributed by atoms with Crippen molar-refractivity contribution in [3.05, 3.63) is 54.4 Å². The van der Waals surface area contributed by atoms with E-state index in [0.717, 1.165) is 23.6 Å². The lowest BCUT2D eigenvalue weighted by Crippen LogP contribution is -2.44. The molecule has 5 nitrogen and oxygen atoms in total. The Labute approximate surface area is 148 Å². The summed E-state index contributed by atoms with van der Waals surface area (Å²) in [4.78, 5) is 0. The Hall–Kier alpha value is -2.53. The largest absolute Gasteiger partial charge is 0.497 e.